The molecule has 0 aromatic heterocycles. The second kappa shape index (κ2) is 16.5. The molecule has 0 aliphatic rings. The van der Waals surface area contributed by atoms with Gasteiger partial charge in [0.1, 0.15) is 0 Å². The maximum Gasteiger partial charge on any atom is 0.266 e. The summed E-state index contributed by atoms with van der Waals surface area (Å²) in [4.78, 5) is 13.2. The molecular formula is C20H41NO4S. The number of unbranched alkanes of at least 4 members (excludes halogenated alkanes) is 13. The normalized spacial score (nSPS) is 11.7. The molecule has 0 rings (SSSR count). The van der Waals surface area contributed by atoms with Crippen LogP contribution >= 0.6 is 0 Å². The van der Waals surface area contributed by atoms with E-state index in [-0.39, 0.29) is 12.5 Å². The molecule has 0 aromatic rings. The number of rotatable bonds is 18. The van der Waals surface area contributed by atoms with Crippen LogP contribution in [0.1, 0.15) is 103 Å². The van der Waals surface area contributed by atoms with Crippen LogP contribution in [0.2, 0.25) is 0 Å². The van der Waals surface area contributed by atoms with Crippen molar-refractivity contribution in [2.75, 3.05) is 19.3 Å². The van der Waals surface area contributed by atoms with E-state index in [2.05, 4.69) is 6.92 Å². The smallest absolute Gasteiger partial charge is 0.266 e. The molecule has 156 valence electrons. The van der Waals surface area contributed by atoms with Gasteiger partial charge >= 0.3 is 0 Å². The molecule has 0 heterocycles. The van der Waals surface area contributed by atoms with E-state index in [0.717, 1.165) is 12.8 Å². The van der Waals surface area contributed by atoms with Crippen LogP contribution in [0.3, 0.4) is 0 Å². The lowest BCUT2D eigenvalue weighted by Gasteiger charge is -2.16. The summed E-state index contributed by atoms with van der Waals surface area (Å²) in [5, 5.41) is 0. The molecule has 0 aliphatic carbocycles. The first-order valence-electron chi connectivity index (χ1n) is 10.6. The average molecular weight is 392 g/mol. The summed E-state index contributed by atoms with van der Waals surface area (Å²) in [5.74, 6) is -0.443. The van der Waals surface area contributed by atoms with Crippen LogP contribution in [0.5, 0.6) is 0 Å². The van der Waals surface area contributed by atoms with Gasteiger partial charge in [-0.15, -0.1) is 0 Å². The summed E-state index contributed by atoms with van der Waals surface area (Å²) in [6.45, 7) is 2.31. The summed E-state index contributed by atoms with van der Waals surface area (Å²) in [7, 11) is -2.42. The van der Waals surface area contributed by atoms with Crippen LogP contribution in [0, 0.1) is 0 Å². The molecule has 5 nitrogen and oxygen atoms in total. The monoisotopic (exact) mass is 391 g/mol. The average Bonchev–Trinajstić information content (AvgIpc) is 2.59. The lowest BCUT2D eigenvalue weighted by atomic mass is 10.0. The Bertz CT molecular complexity index is 437. The lowest BCUT2D eigenvalue weighted by Crippen LogP contribution is -2.31. The van der Waals surface area contributed by atoms with Crippen molar-refractivity contribution in [2.45, 2.75) is 103 Å². The predicted octanol–water partition coefficient (Wildman–Crippen LogP) is 5.20. The summed E-state index contributed by atoms with van der Waals surface area (Å²) in [6, 6.07) is 0. The molecule has 26 heavy (non-hydrogen) atoms. The molecule has 1 N–H and O–H groups in total. The topological polar surface area (TPSA) is 74.7 Å². The molecule has 0 aromatic carbocycles. The van der Waals surface area contributed by atoms with Crippen LogP contribution < -0.4 is 0 Å². The van der Waals surface area contributed by atoms with E-state index in [1.807, 2.05) is 0 Å². The van der Waals surface area contributed by atoms with Gasteiger partial charge < -0.3 is 4.90 Å². The highest BCUT2D eigenvalue weighted by atomic mass is 32.2. The molecule has 1 amide bonds. The van der Waals surface area contributed by atoms with Gasteiger partial charge in [-0.05, 0) is 6.42 Å². The van der Waals surface area contributed by atoms with Gasteiger partial charge in [0.15, 0.2) is 0 Å². The first-order chi connectivity index (χ1) is 12.4. The van der Waals surface area contributed by atoms with Crippen molar-refractivity contribution in [2.24, 2.45) is 0 Å². The van der Waals surface area contributed by atoms with Gasteiger partial charge in [0.25, 0.3) is 10.1 Å². The van der Waals surface area contributed by atoms with Crippen LogP contribution in [0.25, 0.3) is 0 Å². The van der Waals surface area contributed by atoms with Crippen molar-refractivity contribution in [3.63, 3.8) is 0 Å². The van der Waals surface area contributed by atoms with E-state index in [0.29, 0.717) is 6.42 Å². The Morgan fingerprint density at radius 3 is 1.54 bits per heavy atom. The zero-order valence-corrected chi connectivity index (χ0v) is 17.9. The highest BCUT2D eigenvalue weighted by Gasteiger charge is 2.12. The molecule has 0 aliphatic heterocycles. The van der Waals surface area contributed by atoms with Crippen molar-refractivity contribution in [1.29, 1.82) is 0 Å². The lowest BCUT2D eigenvalue weighted by molar-refractivity contribution is -0.129. The molecule has 0 saturated carbocycles. The standard InChI is InChI=1S/C20H41NO4S/c1-3-4-5-6-7-8-9-10-11-12-13-14-15-16-17-20(22)21(2)18-19-26(23,24)25/h3-19H2,1-2H3,(H,23,24,25). The zero-order valence-electron chi connectivity index (χ0n) is 17.0. The van der Waals surface area contributed by atoms with Crippen molar-refractivity contribution in [3.8, 4) is 0 Å². The Morgan fingerprint density at radius 2 is 1.15 bits per heavy atom. The van der Waals surface area contributed by atoms with Gasteiger partial charge in [-0.25, -0.2) is 0 Å². The van der Waals surface area contributed by atoms with E-state index in [9.17, 15) is 13.2 Å². The number of nitrogens with zero attached hydrogens (tertiary/aromatic N) is 1. The summed E-state index contributed by atoms with van der Waals surface area (Å²) in [6.07, 6.45) is 18.4. The Balaban J connectivity index is 3.34. The minimum atomic E-state index is -4.00. The van der Waals surface area contributed by atoms with E-state index >= 15 is 0 Å². The van der Waals surface area contributed by atoms with Crippen molar-refractivity contribution < 1.29 is 17.8 Å². The largest absolute Gasteiger partial charge is 0.345 e. The molecule has 0 spiro atoms. The number of hydrogen-bond acceptors (Lipinski definition) is 3. The second-order valence-corrected chi connectivity index (χ2v) is 9.02. The highest BCUT2D eigenvalue weighted by molar-refractivity contribution is 7.85. The third-order valence-electron chi connectivity index (χ3n) is 4.85. The molecule has 0 fully saturated rings. The first kappa shape index (κ1) is 25.4. The zero-order chi connectivity index (χ0) is 19.7. The molecular weight excluding hydrogens is 350 g/mol. The van der Waals surface area contributed by atoms with Gasteiger partial charge in [0.2, 0.25) is 5.91 Å². The summed E-state index contributed by atoms with van der Waals surface area (Å²) >= 11 is 0. The Morgan fingerprint density at radius 1 is 0.769 bits per heavy atom. The van der Waals surface area contributed by atoms with Crippen LogP contribution in [0.15, 0.2) is 0 Å². The predicted molar refractivity (Wildman–Crippen MR) is 109 cm³/mol. The maximum atomic E-state index is 11.8. The minimum absolute atomic E-state index is 0.0485. The number of carbonyl (C=O) groups excluding carboxylic acids is 1. The maximum absolute atomic E-state index is 11.8. The molecule has 0 unspecified atom stereocenters. The summed E-state index contributed by atoms with van der Waals surface area (Å²) in [5.41, 5.74) is 0. The van der Waals surface area contributed by atoms with E-state index in [1.54, 1.807) is 7.05 Å². The van der Waals surface area contributed by atoms with Crippen molar-refractivity contribution in [3.05, 3.63) is 0 Å². The highest BCUT2D eigenvalue weighted by Crippen LogP contribution is 2.13. The Hall–Kier alpha value is -0.620. The van der Waals surface area contributed by atoms with Gasteiger partial charge in [-0.2, -0.15) is 8.42 Å². The van der Waals surface area contributed by atoms with Crippen LogP contribution in [-0.2, 0) is 14.9 Å². The molecule has 0 bridgehead atoms. The minimum Gasteiger partial charge on any atom is -0.345 e. The molecule has 0 radical (unpaired) electrons. The van der Waals surface area contributed by atoms with Gasteiger partial charge in [0.05, 0.1) is 5.75 Å². The van der Waals surface area contributed by atoms with E-state index in [4.69, 9.17) is 4.55 Å². The fourth-order valence-corrected chi connectivity index (χ4v) is 3.54. The molecule has 6 heteroatoms. The van der Waals surface area contributed by atoms with Crippen molar-refractivity contribution in [1.82, 2.24) is 4.90 Å². The Kier molecular flexibility index (Phi) is 16.2. The molecule has 0 saturated heterocycles. The van der Waals surface area contributed by atoms with Crippen LogP contribution in [0.4, 0.5) is 0 Å². The number of hydrogen-bond donors (Lipinski definition) is 1. The second-order valence-electron chi connectivity index (χ2n) is 7.45. The fourth-order valence-electron chi connectivity index (χ4n) is 3.04. The number of amides is 1. The van der Waals surface area contributed by atoms with Gasteiger partial charge in [-0.1, -0.05) is 90.4 Å². The summed E-state index contributed by atoms with van der Waals surface area (Å²) < 4.78 is 30.0. The van der Waals surface area contributed by atoms with E-state index < -0.39 is 15.9 Å². The van der Waals surface area contributed by atoms with Gasteiger partial charge in [-0.3, -0.25) is 9.35 Å². The third-order valence-corrected chi connectivity index (χ3v) is 5.55. The third kappa shape index (κ3) is 18.2. The number of carbonyl (C=O) groups is 1. The SMILES string of the molecule is CCCCCCCCCCCCCCCCC(=O)N(C)CCS(=O)(=O)O. The molecule has 0 atom stereocenters. The van der Waals surface area contributed by atoms with Crippen LogP contribution in [-0.4, -0.2) is 43.1 Å². The van der Waals surface area contributed by atoms with E-state index in [1.165, 1.54) is 81.9 Å². The van der Waals surface area contributed by atoms with Gasteiger partial charge in [0, 0.05) is 20.0 Å². The Labute approximate surface area is 161 Å². The quantitative estimate of drug-likeness (QED) is 0.257. The first-order valence-corrected chi connectivity index (χ1v) is 12.2. The fraction of sp³-hybridized carbons (Fsp3) is 0.950. The van der Waals surface area contributed by atoms with Crippen molar-refractivity contribution >= 4 is 16.0 Å².